The molecule has 0 aliphatic carbocycles. The highest BCUT2D eigenvalue weighted by Gasteiger charge is 2.31. The molecule has 0 saturated heterocycles. The monoisotopic (exact) mass is 527 g/mol. The number of aryl methyl sites for hydroxylation is 1. The summed E-state index contributed by atoms with van der Waals surface area (Å²) in [5.74, 6) is -0.846. The molecule has 1 atom stereocenters. The van der Waals surface area contributed by atoms with Crippen molar-refractivity contribution in [3.63, 3.8) is 0 Å². The first-order valence-corrected chi connectivity index (χ1v) is 13.6. The van der Waals surface area contributed by atoms with Crippen molar-refractivity contribution in [3.8, 4) is 0 Å². The second-order valence-corrected chi connectivity index (χ2v) is 10.9. The standard InChI is InChI=1S/C24H31Cl2N3O4S/c1-5-6-14-27-24(31)18(3)28(15-19-12-10-17(2)11-13-19)22(30)16-29(34(4,32)33)21-9-7-8-20(25)23(21)26/h7-13,18H,5-6,14-16H2,1-4H3,(H,27,31)/t18-/m1/s1. The van der Waals surface area contributed by atoms with Crippen molar-refractivity contribution in [2.45, 2.75) is 46.2 Å². The molecular weight excluding hydrogens is 497 g/mol. The number of amides is 2. The Morgan fingerprint density at radius 3 is 2.32 bits per heavy atom. The Balaban J connectivity index is 2.38. The van der Waals surface area contributed by atoms with Crippen molar-refractivity contribution < 1.29 is 18.0 Å². The Kier molecular flexibility index (Phi) is 10.2. The number of carbonyl (C=O) groups is 2. The van der Waals surface area contributed by atoms with E-state index in [4.69, 9.17) is 23.2 Å². The van der Waals surface area contributed by atoms with Crippen LogP contribution in [0.15, 0.2) is 42.5 Å². The number of unbranched alkanes of at least 4 members (excludes halogenated alkanes) is 1. The van der Waals surface area contributed by atoms with Crippen LogP contribution >= 0.6 is 23.2 Å². The summed E-state index contributed by atoms with van der Waals surface area (Å²) < 4.78 is 26.1. The van der Waals surface area contributed by atoms with E-state index in [1.807, 2.05) is 38.1 Å². The van der Waals surface area contributed by atoms with Gasteiger partial charge in [-0.1, -0.05) is 72.4 Å². The van der Waals surface area contributed by atoms with Gasteiger partial charge in [-0.05, 0) is 38.0 Å². The number of benzene rings is 2. The molecule has 2 aromatic rings. The Hall–Kier alpha value is -2.29. The number of sulfonamides is 1. The van der Waals surface area contributed by atoms with E-state index in [0.717, 1.165) is 34.5 Å². The Morgan fingerprint density at radius 1 is 1.09 bits per heavy atom. The van der Waals surface area contributed by atoms with Gasteiger partial charge >= 0.3 is 0 Å². The first-order chi connectivity index (χ1) is 16.0. The summed E-state index contributed by atoms with van der Waals surface area (Å²) in [6.45, 7) is 5.71. The highest BCUT2D eigenvalue weighted by Crippen LogP contribution is 2.33. The van der Waals surface area contributed by atoms with Crippen LogP contribution in [-0.2, 0) is 26.2 Å². The molecule has 186 valence electrons. The summed E-state index contributed by atoms with van der Waals surface area (Å²) in [5.41, 5.74) is 1.98. The molecule has 1 N–H and O–H groups in total. The van der Waals surface area contributed by atoms with Gasteiger partial charge in [0.15, 0.2) is 0 Å². The summed E-state index contributed by atoms with van der Waals surface area (Å²) in [5, 5.41) is 3.04. The molecule has 10 heteroatoms. The summed E-state index contributed by atoms with van der Waals surface area (Å²) in [7, 11) is -3.89. The summed E-state index contributed by atoms with van der Waals surface area (Å²) in [4.78, 5) is 27.6. The zero-order valence-corrected chi connectivity index (χ0v) is 22.2. The number of nitrogens with zero attached hydrogens (tertiary/aromatic N) is 2. The molecule has 2 amide bonds. The van der Waals surface area contributed by atoms with Gasteiger partial charge in [0.1, 0.15) is 12.6 Å². The largest absolute Gasteiger partial charge is 0.354 e. The van der Waals surface area contributed by atoms with Crippen LogP contribution in [0.3, 0.4) is 0 Å². The SMILES string of the molecule is CCCCNC(=O)[C@@H](C)N(Cc1ccc(C)cc1)C(=O)CN(c1cccc(Cl)c1Cl)S(C)(=O)=O. The van der Waals surface area contributed by atoms with Crippen molar-refractivity contribution in [1.29, 1.82) is 0 Å². The van der Waals surface area contributed by atoms with Crippen LogP contribution < -0.4 is 9.62 Å². The van der Waals surface area contributed by atoms with Crippen LogP contribution in [0, 0.1) is 6.92 Å². The molecule has 0 bridgehead atoms. The molecule has 0 spiro atoms. The number of nitrogens with one attached hydrogen (secondary N) is 1. The van der Waals surface area contributed by atoms with Gasteiger partial charge in [0.2, 0.25) is 21.8 Å². The van der Waals surface area contributed by atoms with E-state index in [1.165, 1.54) is 17.0 Å². The van der Waals surface area contributed by atoms with Crippen LogP contribution in [-0.4, -0.2) is 50.5 Å². The van der Waals surface area contributed by atoms with Crippen LogP contribution in [0.25, 0.3) is 0 Å². The highest BCUT2D eigenvalue weighted by atomic mass is 35.5. The third kappa shape index (κ3) is 7.61. The van der Waals surface area contributed by atoms with Gasteiger partial charge in [-0.25, -0.2) is 8.42 Å². The van der Waals surface area contributed by atoms with Crippen LogP contribution in [0.5, 0.6) is 0 Å². The Morgan fingerprint density at radius 2 is 1.74 bits per heavy atom. The predicted molar refractivity (Wildman–Crippen MR) is 138 cm³/mol. The number of carbonyl (C=O) groups excluding carboxylic acids is 2. The first kappa shape index (κ1) is 28.0. The van der Waals surface area contributed by atoms with Crippen molar-refractivity contribution in [2.24, 2.45) is 0 Å². The number of halogens is 2. The lowest BCUT2D eigenvalue weighted by atomic mass is 10.1. The first-order valence-electron chi connectivity index (χ1n) is 11.0. The summed E-state index contributed by atoms with van der Waals surface area (Å²) >= 11 is 12.3. The van der Waals surface area contributed by atoms with Crippen molar-refractivity contribution in [1.82, 2.24) is 10.2 Å². The molecule has 0 aromatic heterocycles. The molecule has 0 fully saturated rings. The van der Waals surface area contributed by atoms with Crippen molar-refractivity contribution in [3.05, 3.63) is 63.6 Å². The minimum atomic E-state index is -3.89. The van der Waals surface area contributed by atoms with Gasteiger partial charge in [0, 0.05) is 13.1 Å². The highest BCUT2D eigenvalue weighted by molar-refractivity contribution is 7.92. The maximum atomic E-state index is 13.5. The van der Waals surface area contributed by atoms with Gasteiger partial charge in [-0.3, -0.25) is 13.9 Å². The summed E-state index contributed by atoms with van der Waals surface area (Å²) in [6, 6.07) is 11.3. The Labute approximate surface area is 212 Å². The zero-order valence-electron chi connectivity index (χ0n) is 19.8. The minimum Gasteiger partial charge on any atom is -0.354 e. The molecule has 2 aromatic carbocycles. The lowest BCUT2D eigenvalue weighted by Gasteiger charge is -2.31. The third-order valence-corrected chi connectivity index (χ3v) is 7.28. The second-order valence-electron chi connectivity index (χ2n) is 8.17. The predicted octanol–water partition coefficient (Wildman–Crippen LogP) is 4.40. The van der Waals surface area contributed by atoms with Crippen LogP contribution in [0.1, 0.15) is 37.8 Å². The fraction of sp³-hybridized carbons (Fsp3) is 0.417. The average molecular weight is 529 g/mol. The molecule has 0 aliphatic heterocycles. The maximum absolute atomic E-state index is 13.5. The molecule has 0 unspecified atom stereocenters. The van der Waals surface area contributed by atoms with Gasteiger partial charge < -0.3 is 10.2 Å². The molecule has 0 radical (unpaired) electrons. The lowest BCUT2D eigenvalue weighted by Crippen LogP contribution is -2.51. The molecule has 34 heavy (non-hydrogen) atoms. The molecule has 7 nitrogen and oxygen atoms in total. The normalized spacial score (nSPS) is 12.2. The molecular formula is C24H31Cl2N3O4S. The van der Waals surface area contributed by atoms with Crippen LogP contribution in [0.4, 0.5) is 5.69 Å². The summed E-state index contributed by atoms with van der Waals surface area (Å²) in [6.07, 6.45) is 2.73. The van der Waals surface area contributed by atoms with E-state index in [2.05, 4.69) is 5.32 Å². The molecule has 0 saturated carbocycles. The number of hydrogen-bond acceptors (Lipinski definition) is 4. The quantitative estimate of drug-likeness (QED) is 0.438. The van der Waals surface area contributed by atoms with Crippen LogP contribution in [0.2, 0.25) is 10.0 Å². The minimum absolute atomic E-state index is 0.0258. The lowest BCUT2D eigenvalue weighted by molar-refractivity contribution is -0.139. The Bertz CT molecular complexity index is 1110. The molecule has 2 rings (SSSR count). The van der Waals surface area contributed by atoms with Gasteiger partial charge in [-0.2, -0.15) is 0 Å². The van der Waals surface area contributed by atoms with E-state index in [0.29, 0.717) is 6.54 Å². The fourth-order valence-electron chi connectivity index (χ4n) is 3.29. The second kappa shape index (κ2) is 12.4. The van der Waals surface area contributed by atoms with E-state index >= 15 is 0 Å². The number of rotatable bonds is 11. The van der Waals surface area contributed by atoms with E-state index in [1.54, 1.807) is 13.0 Å². The van der Waals surface area contributed by atoms with E-state index in [9.17, 15) is 18.0 Å². The topological polar surface area (TPSA) is 86.8 Å². The number of hydrogen-bond donors (Lipinski definition) is 1. The maximum Gasteiger partial charge on any atom is 0.244 e. The third-order valence-electron chi connectivity index (χ3n) is 5.35. The van der Waals surface area contributed by atoms with Gasteiger partial charge in [-0.15, -0.1) is 0 Å². The smallest absolute Gasteiger partial charge is 0.244 e. The fourth-order valence-corrected chi connectivity index (χ4v) is 4.59. The number of anilines is 1. The molecule has 0 heterocycles. The van der Waals surface area contributed by atoms with Gasteiger partial charge in [0.05, 0.1) is 22.0 Å². The average Bonchev–Trinajstić information content (AvgIpc) is 2.78. The van der Waals surface area contributed by atoms with Gasteiger partial charge in [0.25, 0.3) is 0 Å². The van der Waals surface area contributed by atoms with E-state index < -0.39 is 28.5 Å². The zero-order chi connectivity index (χ0) is 25.5. The molecule has 0 aliphatic rings. The van der Waals surface area contributed by atoms with Crippen molar-refractivity contribution in [2.75, 3.05) is 23.7 Å². The van der Waals surface area contributed by atoms with Crippen molar-refractivity contribution >= 4 is 50.7 Å². The van der Waals surface area contributed by atoms with E-state index in [-0.39, 0.29) is 28.2 Å².